The molecule has 29 heavy (non-hydrogen) atoms. The second kappa shape index (κ2) is 11.7. The molecule has 0 saturated carbocycles. The Labute approximate surface area is 175 Å². The maximum atomic E-state index is 11.5. The average molecular weight is 429 g/mol. The van der Waals surface area contributed by atoms with Gasteiger partial charge in [-0.25, -0.2) is 0 Å². The first kappa shape index (κ1) is 23.1. The number of piperidine rings is 2. The summed E-state index contributed by atoms with van der Waals surface area (Å²) < 4.78 is 9.38. The molecule has 2 aliphatic heterocycles. The van der Waals surface area contributed by atoms with E-state index in [1.807, 2.05) is 4.90 Å². The van der Waals surface area contributed by atoms with Gasteiger partial charge in [-0.2, -0.15) is 15.0 Å². The first-order chi connectivity index (χ1) is 14.0. The lowest BCUT2D eigenvalue weighted by Gasteiger charge is -2.30. The highest BCUT2D eigenvalue weighted by atomic mass is 35.5. The van der Waals surface area contributed by atoms with E-state index in [4.69, 9.17) is 16.3 Å². The molecule has 162 valence electrons. The van der Waals surface area contributed by atoms with E-state index >= 15 is 0 Å². The molecule has 2 fully saturated rings. The van der Waals surface area contributed by atoms with Crippen molar-refractivity contribution in [2.45, 2.75) is 25.7 Å². The van der Waals surface area contributed by atoms with Crippen LogP contribution in [0.2, 0.25) is 5.28 Å². The van der Waals surface area contributed by atoms with E-state index in [1.165, 1.54) is 14.2 Å². The zero-order valence-electron chi connectivity index (χ0n) is 17.1. The van der Waals surface area contributed by atoms with E-state index in [-0.39, 0.29) is 29.1 Å². The summed E-state index contributed by atoms with van der Waals surface area (Å²) in [4.78, 5) is 36.7. The van der Waals surface area contributed by atoms with Crippen LogP contribution in [0.15, 0.2) is 0 Å². The Balaban J connectivity index is 0.000000253. The Bertz CT molecular complexity index is 678. The van der Waals surface area contributed by atoms with Gasteiger partial charge in [-0.3, -0.25) is 9.59 Å². The Morgan fingerprint density at radius 2 is 1.55 bits per heavy atom. The third kappa shape index (κ3) is 6.97. The molecule has 0 spiro atoms. The molecule has 2 aliphatic rings. The zero-order valence-corrected chi connectivity index (χ0v) is 17.9. The number of methoxy groups -OCH3 is 2. The molecular formula is C18H29ClN6O4. The molecule has 10 nitrogen and oxygen atoms in total. The molecule has 0 aliphatic carbocycles. The number of carbonyl (C=O) groups excluding carboxylic acids is 2. The van der Waals surface area contributed by atoms with E-state index in [1.54, 1.807) is 7.05 Å². The topological polar surface area (TPSA) is 119 Å². The zero-order chi connectivity index (χ0) is 21.2. The van der Waals surface area contributed by atoms with Crippen LogP contribution in [0.25, 0.3) is 0 Å². The molecule has 11 heteroatoms. The molecule has 2 N–H and O–H groups in total. The highest BCUT2D eigenvalue weighted by Gasteiger charge is 2.27. The number of ether oxygens (including phenoxy) is 2. The van der Waals surface area contributed by atoms with Crippen molar-refractivity contribution in [2.24, 2.45) is 11.8 Å². The number of anilines is 2. The minimum absolute atomic E-state index is 0.0395. The van der Waals surface area contributed by atoms with Gasteiger partial charge in [0.2, 0.25) is 17.2 Å². The van der Waals surface area contributed by atoms with Crippen LogP contribution in [0, 0.1) is 11.8 Å². The van der Waals surface area contributed by atoms with Crippen LogP contribution in [0.5, 0.6) is 0 Å². The van der Waals surface area contributed by atoms with E-state index in [2.05, 4.69) is 30.3 Å². The standard InChI is InChI=1S/C11H16ClN5O2.C7H13NO2/c1-13-10-14-9(12)15-11(16-10)17-5-3-7(4-6-17)8(18)19-2;1-10-7(9)6-2-4-8-5-3-6/h7H,3-6H2,1-2H3,(H,13,14,15,16);6,8H,2-5H2,1H3. The Hall–Kier alpha value is -2.20. The molecule has 0 amide bonds. The van der Waals surface area contributed by atoms with Crippen LogP contribution in [0.3, 0.4) is 0 Å². The first-order valence-corrected chi connectivity index (χ1v) is 10.1. The third-order valence-corrected chi connectivity index (χ3v) is 5.17. The number of esters is 2. The molecule has 0 bridgehead atoms. The molecular weight excluding hydrogens is 400 g/mol. The van der Waals surface area contributed by atoms with Crippen molar-refractivity contribution < 1.29 is 19.1 Å². The number of nitrogens with zero attached hydrogens (tertiary/aromatic N) is 4. The summed E-state index contributed by atoms with van der Waals surface area (Å²) >= 11 is 5.85. The predicted octanol–water partition coefficient (Wildman–Crippen LogP) is 1.12. The van der Waals surface area contributed by atoms with Crippen LogP contribution >= 0.6 is 11.6 Å². The fourth-order valence-electron chi connectivity index (χ4n) is 3.30. The molecule has 0 radical (unpaired) electrons. The van der Waals surface area contributed by atoms with Crippen molar-refractivity contribution in [2.75, 3.05) is 57.7 Å². The van der Waals surface area contributed by atoms with Gasteiger partial charge in [-0.05, 0) is 50.4 Å². The summed E-state index contributed by atoms with van der Waals surface area (Å²) in [6.45, 7) is 3.28. The van der Waals surface area contributed by atoms with Gasteiger partial charge in [-0.1, -0.05) is 0 Å². The summed E-state index contributed by atoms with van der Waals surface area (Å²) in [5.74, 6) is 0.872. The van der Waals surface area contributed by atoms with Crippen molar-refractivity contribution in [1.29, 1.82) is 0 Å². The van der Waals surface area contributed by atoms with E-state index in [9.17, 15) is 9.59 Å². The summed E-state index contributed by atoms with van der Waals surface area (Å²) in [7, 11) is 4.59. The lowest BCUT2D eigenvalue weighted by Crippen LogP contribution is -2.37. The third-order valence-electron chi connectivity index (χ3n) is 5.01. The smallest absolute Gasteiger partial charge is 0.308 e. The van der Waals surface area contributed by atoms with Gasteiger partial charge in [0, 0.05) is 20.1 Å². The molecule has 3 rings (SSSR count). The number of hydrogen-bond acceptors (Lipinski definition) is 10. The molecule has 3 heterocycles. The number of hydrogen-bond donors (Lipinski definition) is 2. The largest absolute Gasteiger partial charge is 0.469 e. The van der Waals surface area contributed by atoms with Crippen LogP contribution in [-0.2, 0) is 19.1 Å². The first-order valence-electron chi connectivity index (χ1n) is 9.69. The maximum Gasteiger partial charge on any atom is 0.308 e. The van der Waals surface area contributed by atoms with Crippen LogP contribution < -0.4 is 15.5 Å². The Kier molecular flexibility index (Phi) is 9.33. The Morgan fingerprint density at radius 1 is 1.00 bits per heavy atom. The number of rotatable bonds is 4. The highest BCUT2D eigenvalue weighted by molar-refractivity contribution is 6.28. The van der Waals surface area contributed by atoms with Gasteiger partial charge in [0.15, 0.2) is 0 Å². The molecule has 1 aromatic rings. The highest BCUT2D eigenvalue weighted by Crippen LogP contribution is 2.22. The monoisotopic (exact) mass is 428 g/mol. The number of aromatic nitrogens is 3. The fourth-order valence-corrected chi connectivity index (χ4v) is 3.45. The maximum absolute atomic E-state index is 11.5. The van der Waals surface area contributed by atoms with Crippen LogP contribution in [-0.4, -0.2) is 74.3 Å². The van der Waals surface area contributed by atoms with Gasteiger partial charge in [0.1, 0.15) is 0 Å². The van der Waals surface area contributed by atoms with E-state index in [0.29, 0.717) is 25.0 Å². The number of nitrogens with one attached hydrogen (secondary N) is 2. The van der Waals surface area contributed by atoms with Crippen LogP contribution in [0.4, 0.5) is 11.9 Å². The minimum atomic E-state index is -0.149. The molecule has 1 aromatic heterocycles. The average Bonchev–Trinajstić information content (AvgIpc) is 2.78. The van der Waals surface area contributed by atoms with Gasteiger partial charge in [-0.15, -0.1) is 0 Å². The van der Waals surface area contributed by atoms with Gasteiger partial charge in [0.25, 0.3) is 0 Å². The molecule has 0 unspecified atom stereocenters. The van der Waals surface area contributed by atoms with E-state index < -0.39 is 0 Å². The van der Waals surface area contributed by atoms with Crippen molar-refractivity contribution in [1.82, 2.24) is 20.3 Å². The number of halogens is 1. The molecule has 2 saturated heterocycles. The second-order valence-electron chi connectivity index (χ2n) is 6.81. The van der Waals surface area contributed by atoms with E-state index in [0.717, 1.165) is 38.8 Å². The molecule has 0 aromatic carbocycles. The number of carbonyl (C=O) groups is 2. The normalized spacial score (nSPS) is 17.7. The lowest BCUT2D eigenvalue weighted by molar-refractivity contribution is -0.147. The van der Waals surface area contributed by atoms with Crippen LogP contribution in [0.1, 0.15) is 25.7 Å². The molecule has 0 atom stereocenters. The minimum Gasteiger partial charge on any atom is -0.469 e. The summed E-state index contributed by atoms with van der Waals surface area (Å²) in [5.41, 5.74) is 0. The summed E-state index contributed by atoms with van der Waals surface area (Å²) in [5, 5.41) is 6.18. The lowest BCUT2D eigenvalue weighted by atomic mass is 9.97. The van der Waals surface area contributed by atoms with Gasteiger partial charge in [0.05, 0.1) is 26.1 Å². The summed E-state index contributed by atoms with van der Waals surface area (Å²) in [6, 6.07) is 0. The second-order valence-corrected chi connectivity index (χ2v) is 7.15. The van der Waals surface area contributed by atoms with Crippen molar-refractivity contribution >= 4 is 35.4 Å². The van der Waals surface area contributed by atoms with Gasteiger partial charge < -0.3 is 25.0 Å². The van der Waals surface area contributed by atoms with Crippen molar-refractivity contribution in [3.63, 3.8) is 0 Å². The van der Waals surface area contributed by atoms with Gasteiger partial charge >= 0.3 is 11.9 Å². The summed E-state index contributed by atoms with van der Waals surface area (Å²) in [6.07, 6.45) is 3.30. The Morgan fingerprint density at radius 3 is 2.07 bits per heavy atom. The predicted molar refractivity (Wildman–Crippen MR) is 109 cm³/mol. The SMILES string of the molecule is CNc1nc(Cl)nc(N2CCC(C(=O)OC)CC2)n1.COC(=O)C1CCNCC1. The fraction of sp³-hybridized carbons (Fsp3) is 0.722. The quantitative estimate of drug-likeness (QED) is 0.675. The van der Waals surface area contributed by atoms with Crippen molar-refractivity contribution in [3.8, 4) is 0 Å². The van der Waals surface area contributed by atoms with Crippen molar-refractivity contribution in [3.05, 3.63) is 5.28 Å².